The molecular formula is C37H52O12S2. The molecule has 12 nitrogen and oxygen atoms in total. The van der Waals surface area contributed by atoms with Crippen molar-refractivity contribution in [2.45, 2.75) is 104 Å². The Labute approximate surface area is 301 Å². The quantitative estimate of drug-likeness (QED) is 0.195. The van der Waals surface area contributed by atoms with Gasteiger partial charge in [0, 0.05) is 24.7 Å². The summed E-state index contributed by atoms with van der Waals surface area (Å²) in [6, 6.07) is 16.4. The summed E-state index contributed by atoms with van der Waals surface area (Å²) in [6.07, 6.45) is -0.516. The van der Waals surface area contributed by atoms with E-state index in [1.54, 1.807) is 60.7 Å². The standard InChI is InChI=1S/C20H28O6S.C17H24O6S/c1-4-8-17-16(13-27(22,23)15-9-6-5-7-10-15)19(21)18(25-17)11-14-12-24-20(2,3)26-14;1-2-6-15-14(17(20)16(23-15)9-12(19)10-18)11-24(21,22)13-7-4-3-5-8-13/h4-7,9-10,14,16-19,21H,1,8,11-13H2,2-3H3;2-5,7-8,12,14-20H,1,6,9-11H2/t14-,16-,17-,18+,19+;12-,14-,15-,16+,17+/m00/s1. The number of benzene rings is 2. The molecule has 4 N–H and O–H groups in total. The molecule has 0 spiro atoms. The molecule has 2 aromatic carbocycles. The minimum absolute atomic E-state index is 0.0488. The molecule has 0 aromatic heterocycles. The maximum Gasteiger partial charge on any atom is 0.178 e. The van der Waals surface area contributed by atoms with Crippen LogP contribution in [0.5, 0.6) is 0 Å². The van der Waals surface area contributed by atoms with Crippen molar-refractivity contribution in [3.63, 3.8) is 0 Å². The largest absolute Gasteiger partial charge is 0.394 e. The summed E-state index contributed by atoms with van der Waals surface area (Å²) in [5.41, 5.74) is 0. The van der Waals surface area contributed by atoms with E-state index in [1.165, 1.54) is 12.1 Å². The van der Waals surface area contributed by atoms with E-state index in [0.29, 0.717) is 25.9 Å². The van der Waals surface area contributed by atoms with Gasteiger partial charge in [0.05, 0.1) is 83.3 Å². The van der Waals surface area contributed by atoms with Gasteiger partial charge >= 0.3 is 0 Å². The Morgan fingerprint density at radius 2 is 1.24 bits per heavy atom. The highest BCUT2D eigenvalue weighted by molar-refractivity contribution is 7.91. The van der Waals surface area contributed by atoms with Crippen LogP contribution in [0.15, 0.2) is 95.8 Å². The monoisotopic (exact) mass is 752 g/mol. The van der Waals surface area contributed by atoms with E-state index >= 15 is 0 Å². The van der Waals surface area contributed by atoms with E-state index in [9.17, 15) is 32.2 Å². The highest BCUT2D eigenvalue weighted by Crippen LogP contribution is 2.37. The SMILES string of the molecule is C=CC[C@@H]1O[C@H](C[C@H](O)CO)[C@H](O)[C@H]1CS(=O)(=O)c1ccccc1.C=CC[C@@H]1O[C@H](C[C@H]2COC(C)(C)O2)[C@H](O)[C@H]1CS(=O)(=O)c1ccccc1. The van der Waals surface area contributed by atoms with Gasteiger partial charge in [-0.1, -0.05) is 48.6 Å². The van der Waals surface area contributed by atoms with Crippen LogP contribution in [0.4, 0.5) is 0 Å². The zero-order valence-electron chi connectivity index (χ0n) is 29.1. The normalized spacial score (nSPS) is 31.1. The van der Waals surface area contributed by atoms with Crippen molar-refractivity contribution in [2.75, 3.05) is 24.7 Å². The summed E-state index contributed by atoms with van der Waals surface area (Å²) in [6.45, 7) is 11.0. The highest BCUT2D eigenvalue weighted by Gasteiger charge is 2.48. The molecule has 0 bridgehead atoms. The van der Waals surface area contributed by atoms with E-state index in [1.807, 2.05) is 13.8 Å². The maximum absolute atomic E-state index is 12.8. The van der Waals surface area contributed by atoms with E-state index in [2.05, 4.69) is 13.2 Å². The van der Waals surface area contributed by atoms with E-state index in [4.69, 9.17) is 24.1 Å². The molecule has 10 atom stereocenters. The second-order valence-electron chi connectivity index (χ2n) is 13.7. The Morgan fingerprint density at radius 3 is 1.65 bits per heavy atom. The Hall–Kier alpha value is -2.50. The minimum Gasteiger partial charge on any atom is -0.394 e. The lowest BCUT2D eigenvalue weighted by molar-refractivity contribution is -0.143. The average molecular weight is 753 g/mol. The van der Waals surface area contributed by atoms with Crippen LogP contribution in [0.25, 0.3) is 0 Å². The molecule has 14 heteroatoms. The average Bonchev–Trinajstić information content (AvgIpc) is 3.69. The third kappa shape index (κ3) is 11.0. The van der Waals surface area contributed by atoms with Gasteiger partial charge < -0.3 is 39.4 Å². The van der Waals surface area contributed by atoms with Gasteiger partial charge in [0.25, 0.3) is 0 Å². The van der Waals surface area contributed by atoms with Gasteiger partial charge in [-0.15, -0.1) is 13.2 Å². The van der Waals surface area contributed by atoms with Gasteiger partial charge in [0.1, 0.15) is 0 Å². The summed E-state index contributed by atoms with van der Waals surface area (Å²) in [7, 11) is -7.10. The molecule has 3 heterocycles. The number of rotatable bonds is 15. The fraction of sp³-hybridized carbons (Fsp3) is 0.568. The molecule has 0 radical (unpaired) electrons. The molecule has 51 heavy (non-hydrogen) atoms. The fourth-order valence-corrected chi connectivity index (χ4v) is 10.2. The van der Waals surface area contributed by atoms with Gasteiger partial charge in [-0.25, -0.2) is 16.8 Å². The smallest absolute Gasteiger partial charge is 0.178 e. The van der Waals surface area contributed by atoms with Crippen molar-refractivity contribution in [3.05, 3.63) is 86.0 Å². The number of hydrogen-bond donors (Lipinski definition) is 4. The minimum atomic E-state index is -3.57. The Kier molecular flexibility index (Phi) is 14.6. The van der Waals surface area contributed by atoms with Gasteiger partial charge in [-0.3, -0.25) is 0 Å². The fourth-order valence-electron chi connectivity index (χ4n) is 6.83. The molecule has 0 unspecified atom stereocenters. The predicted molar refractivity (Wildman–Crippen MR) is 190 cm³/mol. The molecule has 3 saturated heterocycles. The lowest BCUT2D eigenvalue weighted by Crippen LogP contribution is -2.35. The first kappa shape index (κ1) is 41.3. The number of ether oxygens (including phenoxy) is 4. The van der Waals surface area contributed by atoms with Crippen LogP contribution < -0.4 is 0 Å². The lowest BCUT2D eigenvalue weighted by atomic mass is 9.94. The van der Waals surface area contributed by atoms with Crippen LogP contribution in [0.3, 0.4) is 0 Å². The number of sulfone groups is 2. The lowest BCUT2D eigenvalue weighted by Gasteiger charge is -2.21. The van der Waals surface area contributed by atoms with Gasteiger partial charge in [0.15, 0.2) is 25.5 Å². The van der Waals surface area contributed by atoms with Crippen molar-refractivity contribution >= 4 is 19.7 Å². The van der Waals surface area contributed by atoms with Crippen LogP contribution in [0, 0.1) is 11.8 Å². The Morgan fingerprint density at radius 1 is 0.784 bits per heavy atom. The van der Waals surface area contributed by atoms with Crippen LogP contribution in [0.2, 0.25) is 0 Å². The molecule has 0 saturated carbocycles. The van der Waals surface area contributed by atoms with E-state index in [-0.39, 0.29) is 33.8 Å². The van der Waals surface area contributed by atoms with Crippen LogP contribution in [-0.4, -0.2) is 117 Å². The molecule has 284 valence electrons. The second-order valence-corrected chi connectivity index (χ2v) is 17.8. The van der Waals surface area contributed by atoms with Crippen molar-refractivity contribution < 1.29 is 56.2 Å². The molecule has 3 aliphatic heterocycles. The molecule has 3 fully saturated rings. The van der Waals surface area contributed by atoms with Crippen LogP contribution in [-0.2, 0) is 38.6 Å². The summed E-state index contributed by atoms with van der Waals surface area (Å²) in [4.78, 5) is 0.459. The molecule has 2 aromatic rings. The number of hydrogen-bond acceptors (Lipinski definition) is 12. The number of aliphatic hydroxyl groups is 4. The Bertz CT molecular complexity index is 1620. The number of aliphatic hydroxyl groups excluding tert-OH is 4. The molecule has 5 rings (SSSR count). The zero-order chi connectivity index (χ0) is 37.4. The van der Waals surface area contributed by atoms with Crippen molar-refractivity contribution in [3.8, 4) is 0 Å². The summed E-state index contributed by atoms with van der Waals surface area (Å²) in [5, 5.41) is 39.8. The first-order chi connectivity index (χ1) is 24.1. The molecule has 0 aliphatic carbocycles. The van der Waals surface area contributed by atoms with E-state index < -0.39 is 86.6 Å². The molecule has 3 aliphatic rings. The Balaban J connectivity index is 0.000000230. The maximum atomic E-state index is 12.8. The summed E-state index contributed by atoms with van der Waals surface area (Å²) in [5.74, 6) is -2.20. The van der Waals surface area contributed by atoms with Gasteiger partial charge in [0.2, 0.25) is 0 Å². The van der Waals surface area contributed by atoms with Crippen LogP contribution >= 0.6 is 0 Å². The molecular weight excluding hydrogens is 701 g/mol. The third-order valence-electron chi connectivity index (χ3n) is 9.40. The van der Waals surface area contributed by atoms with Gasteiger partial charge in [-0.05, 0) is 51.0 Å². The van der Waals surface area contributed by atoms with E-state index in [0.717, 1.165) is 0 Å². The second kappa shape index (κ2) is 18.0. The van der Waals surface area contributed by atoms with Crippen molar-refractivity contribution in [1.82, 2.24) is 0 Å². The van der Waals surface area contributed by atoms with Crippen molar-refractivity contribution in [2.24, 2.45) is 11.8 Å². The zero-order valence-corrected chi connectivity index (χ0v) is 30.8. The topological polar surface area (TPSA) is 186 Å². The highest BCUT2D eigenvalue weighted by atomic mass is 32.2. The van der Waals surface area contributed by atoms with Crippen molar-refractivity contribution in [1.29, 1.82) is 0 Å². The first-order valence-electron chi connectivity index (χ1n) is 17.2. The molecule has 0 amide bonds. The third-order valence-corrected chi connectivity index (χ3v) is 13.0. The predicted octanol–water partition coefficient (Wildman–Crippen LogP) is 2.85. The summed E-state index contributed by atoms with van der Waals surface area (Å²) >= 11 is 0. The van der Waals surface area contributed by atoms with Crippen LogP contribution in [0.1, 0.15) is 39.5 Å². The van der Waals surface area contributed by atoms with Gasteiger partial charge in [-0.2, -0.15) is 0 Å². The summed E-state index contributed by atoms with van der Waals surface area (Å²) < 4.78 is 73.9. The first-order valence-corrected chi connectivity index (χ1v) is 20.5.